The van der Waals surface area contributed by atoms with Crippen molar-refractivity contribution in [2.24, 2.45) is 0 Å². The van der Waals surface area contributed by atoms with Crippen LogP contribution in [0.5, 0.6) is 0 Å². The molecule has 0 unspecified atom stereocenters. The minimum atomic E-state index is -3.80. The first-order valence-electron chi connectivity index (χ1n) is 7.45. The summed E-state index contributed by atoms with van der Waals surface area (Å²) in [7, 11) is -3.80. The molecule has 0 aliphatic carbocycles. The second-order valence-electron chi connectivity index (χ2n) is 5.37. The molecule has 3 rings (SSSR count). The summed E-state index contributed by atoms with van der Waals surface area (Å²) in [5.74, 6) is 0. The third kappa shape index (κ3) is 4.46. The molecule has 0 saturated heterocycles. The Morgan fingerprint density at radius 2 is 2.00 bits per heavy atom. The summed E-state index contributed by atoms with van der Waals surface area (Å²) in [4.78, 5) is 1.13. The minimum Gasteiger partial charge on any atom is -0.472 e. The minimum absolute atomic E-state index is 0.0105. The molecule has 0 bridgehead atoms. The van der Waals surface area contributed by atoms with Crippen molar-refractivity contribution in [3.05, 3.63) is 74.8 Å². The van der Waals surface area contributed by atoms with E-state index in [9.17, 15) is 8.42 Å². The van der Waals surface area contributed by atoms with Gasteiger partial charge in [-0.1, -0.05) is 29.3 Å². The largest absolute Gasteiger partial charge is 0.472 e. The van der Waals surface area contributed by atoms with Gasteiger partial charge >= 0.3 is 0 Å². The maximum atomic E-state index is 13.1. The van der Waals surface area contributed by atoms with Gasteiger partial charge in [0.1, 0.15) is 4.90 Å². The second kappa shape index (κ2) is 7.93. The van der Waals surface area contributed by atoms with Gasteiger partial charge in [-0.2, -0.15) is 4.31 Å². The van der Waals surface area contributed by atoms with E-state index in [2.05, 4.69) is 0 Å². The Bertz CT molecular complexity index is 923. The van der Waals surface area contributed by atoms with Crippen molar-refractivity contribution < 1.29 is 12.8 Å². The van der Waals surface area contributed by atoms with Crippen LogP contribution in [0.1, 0.15) is 10.4 Å². The highest BCUT2D eigenvalue weighted by Gasteiger charge is 2.27. The number of hydrogen-bond donors (Lipinski definition) is 0. The van der Waals surface area contributed by atoms with Crippen molar-refractivity contribution >= 4 is 44.6 Å². The molecule has 0 aliphatic rings. The van der Waals surface area contributed by atoms with E-state index in [1.54, 1.807) is 23.5 Å². The Kier molecular flexibility index (Phi) is 5.86. The van der Waals surface area contributed by atoms with Gasteiger partial charge in [-0.05, 0) is 42.1 Å². The Morgan fingerprint density at radius 3 is 2.68 bits per heavy atom. The van der Waals surface area contributed by atoms with Gasteiger partial charge in [0.05, 0.1) is 17.5 Å². The Labute approximate surface area is 160 Å². The quantitative estimate of drug-likeness (QED) is 0.540. The summed E-state index contributed by atoms with van der Waals surface area (Å²) in [6, 6.07) is 10.1. The molecule has 0 fully saturated rings. The van der Waals surface area contributed by atoms with Crippen LogP contribution in [0.15, 0.2) is 63.6 Å². The average Bonchev–Trinajstić information content (AvgIpc) is 3.26. The third-order valence-corrected chi connectivity index (χ3v) is 7.14. The number of rotatable bonds is 7. The lowest BCUT2D eigenvalue weighted by Crippen LogP contribution is -2.32. The molecule has 8 heteroatoms. The van der Waals surface area contributed by atoms with Gasteiger partial charge in [-0.25, -0.2) is 8.42 Å². The first-order valence-corrected chi connectivity index (χ1v) is 10.5. The lowest BCUT2D eigenvalue weighted by atomic mass is 10.3. The summed E-state index contributed by atoms with van der Waals surface area (Å²) < 4.78 is 32.8. The number of furan rings is 1. The number of benzene rings is 1. The van der Waals surface area contributed by atoms with E-state index in [0.717, 1.165) is 10.4 Å². The van der Waals surface area contributed by atoms with Gasteiger partial charge in [0.25, 0.3) is 0 Å². The van der Waals surface area contributed by atoms with E-state index < -0.39 is 10.0 Å². The zero-order chi connectivity index (χ0) is 17.9. The van der Waals surface area contributed by atoms with Crippen molar-refractivity contribution in [3.63, 3.8) is 0 Å². The molecule has 0 aliphatic heterocycles. The van der Waals surface area contributed by atoms with E-state index in [1.807, 2.05) is 17.5 Å². The van der Waals surface area contributed by atoms with Gasteiger partial charge in [-0.15, -0.1) is 11.3 Å². The van der Waals surface area contributed by atoms with Crippen molar-refractivity contribution in [2.75, 3.05) is 6.54 Å². The van der Waals surface area contributed by atoms with Gasteiger partial charge in [0.15, 0.2) is 0 Å². The van der Waals surface area contributed by atoms with Crippen LogP contribution >= 0.6 is 34.5 Å². The number of nitrogens with zero attached hydrogens (tertiary/aromatic N) is 1. The van der Waals surface area contributed by atoms with Crippen LogP contribution in [0.4, 0.5) is 0 Å². The summed E-state index contributed by atoms with van der Waals surface area (Å²) in [6.45, 7) is 0.532. The number of hydrogen-bond acceptors (Lipinski definition) is 4. The normalized spacial score (nSPS) is 12.0. The summed E-state index contributed by atoms with van der Waals surface area (Å²) in [5, 5.41) is 2.44. The predicted octanol–water partition coefficient (Wildman–Crippen LogP) is 5.08. The van der Waals surface area contributed by atoms with Crippen LogP contribution in [-0.2, 0) is 23.0 Å². The molecule has 2 aromatic heterocycles. The fraction of sp³-hybridized carbons (Fsp3) is 0.176. The zero-order valence-electron chi connectivity index (χ0n) is 13.1. The van der Waals surface area contributed by atoms with Crippen LogP contribution < -0.4 is 0 Å². The van der Waals surface area contributed by atoms with Crippen molar-refractivity contribution in [2.45, 2.75) is 17.9 Å². The summed E-state index contributed by atoms with van der Waals surface area (Å²) in [6.07, 6.45) is 3.67. The van der Waals surface area contributed by atoms with Crippen molar-refractivity contribution in [1.29, 1.82) is 0 Å². The van der Waals surface area contributed by atoms with Crippen molar-refractivity contribution in [1.82, 2.24) is 4.31 Å². The SMILES string of the molecule is O=S(=O)(c1cc(Cl)ccc1Cl)N(CCc1cccs1)Cc1ccoc1. The number of thiophene rings is 1. The monoisotopic (exact) mass is 415 g/mol. The van der Waals surface area contributed by atoms with Crippen LogP contribution in [-0.4, -0.2) is 19.3 Å². The van der Waals surface area contributed by atoms with Crippen molar-refractivity contribution in [3.8, 4) is 0 Å². The molecule has 4 nitrogen and oxygen atoms in total. The van der Waals surface area contributed by atoms with Gasteiger partial charge in [-0.3, -0.25) is 0 Å². The topological polar surface area (TPSA) is 50.5 Å². The van der Waals surface area contributed by atoms with Crippen LogP contribution in [0, 0.1) is 0 Å². The Morgan fingerprint density at radius 1 is 1.16 bits per heavy atom. The second-order valence-corrected chi connectivity index (χ2v) is 9.16. The lowest BCUT2D eigenvalue weighted by molar-refractivity contribution is 0.408. The molecule has 3 aromatic rings. The predicted molar refractivity (Wildman–Crippen MR) is 101 cm³/mol. The highest BCUT2D eigenvalue weighted by molar-refractivity contribution is 7.89. The molecule has 0 radical (unpaired) electrons. The Hall–Kier alpha value is -1.31. The standard InChI is InChI=1S/C17H15Cl2NO3S2/c18-14-3-4-16(19)17(10-14)25(21,22)20(11-13-6-8-23-12-13)7-5-15-2-1-9-24-15/h1-4,6,8-10,12H,5,7,11H2. The maximum Gasteiger partial charge on any atom is 0.244 e. The van der Waals surface area contributed by atoms with E-state index in [0.29, 0.717) is 18.0 Å². The molecule has 2 heterocycles. The van der Waals surface area contributed by atoms with Crippen LogP contribution in [0.25, 0.3) is 0 Å². The first kappa shape index (κ1) is 18.5. The molecule has 0 saturated carbocycles. The molecular weight excluding hydrogens is 401 g/mol. The van der Waals surface area contributed by atoms with Gasteiger partial charge < -0.3 is 4.42 Å². The lowest BCUT2D eigenvalue weighted by Gasteiger charge is -2.22. The molecule has 1 aromatic carbocycles. The summed E-state index contributed by atoms with van der Waals surface area (Å²) >= 11 is 13.7. The molecule has 0 atom stereocenters. The van der Waals surface area contributed by atoms with E-state index in [-0.39, 0.29) is 16.5 Å². The van der Waals surface area contributed by atoms with E-state index in [1.165, 1.54) is 29.0 Å². The Balaban J connectivity index is 1.92. The third-order valence-electron chi connectivity index (χ3n) is 3.64. The molecule has 0 N–H and O–H groups in total. The smallest absolute Gasteiger partial charge is 0.244 e. The van der Waals surface area contributed by atoms with E-state index >= 15 is 0 Å². The van der Waals surface area contributed by atoms with Crippen LogP contribution in [0.2, 0.25) is 10.0 Å². The fourth-order valence-electron chi connectivity index (χ4n) is 2.37. The highest BCUT2D eigenvalue weighted by atomic mass is 35.5. The van der Waals surface area contributed by atoms with E-state index in [4.69, 9.17) is 27.6 Å². The van der Waals surface area contributed by atoms with Gasteiger partial charge in [0, 0.05) is 28.6 Å². The zero-order valence-corrected chi connectivity index (χ0v) is 16.2. The molecule has 132 valence electrons. The molecule has 25 heavy (non-hydrogen) atoms. The first-order chi connectivity index (χ1) is 12.0. The maximum absolute atomic E-state index is 13.1. The molecule has 0 spiro atoms. The fourth-order valence-corrected chi connectivity index (χ4v) is 5.24. The van der Waals surface area contributed by atoms with Gasteiger partial charge in [0.2, 0.25) is 10.0 Å². The summed E-state index contributed by atoms with van der Waals surface area (Å²) in [5.41, 5.74) is 0.771. The van der Waals surface area contributed by atoms with Crippen LogP contribution in [0.3, 0.4) is 0 Å². The number of halogens is 2. The number of sulfonamides is 1. The molecular formula is C17H15Cl2NO3S2. The molecule has 0 amide bonds. The highest BCUT2D eigenvalue weighted by Crippen LogP contribution is 2.29. The average molecular weight is 416 g/mol.